The fourth-order valence-corrected chi connectivity index (χ4v) is 1.27. The number of benzene rings is 1. The topological polar surface area (TPSA) is 27.7 Å². The number of hydrogen-bond acceptors (Lipinski definition) is 3. The van der Waals surface area contributed by atoms with E-state index < -0.39 is 6.29 Å². The van der Waals surface area contributed by atoms with Crippen molar-refractivity contribution in [1.82, 2.24) is 0 Å². The molecule has 15 heavy (non-hydrogen) atoms. The van der Waals surface area contributed by atoms with Crippen molar-refractivity contribution in [3.8, 4) is 5.75 Å². The fourth-order valence-electron chi connectivity index (χ4n) is 1.27. The van der Waals surface area contributed by atoms with Gasteiger partial charge in [0.25, 0.3) is 0 Å². The van der Waals surface area contributed by atoms with Crippen LogP contribution < -0.4 is 4.74 Å². The summed E-state index contributed by atoms with van der Waals surface area (Å²) in [6.45, 7) is 1.90. The first-order valence-electron chi connectivity index (χ1n) is 4.75. The van der Waals surface area contributed by atoms with Gasteiger partial charge in [-0.15, -0.1) is 0 Å². The molecule has 0 atom stereocenters. The van der Waals surface area contributed by atoms with E-state index in [1.165, 1.54) is 0 Å². The van der Waals surface area contributed by atoms with Gasteiger partial charge < -0.3 is 14.2 Å². The quantitative estimate of drug-likeness (QED) is 0.550. The number of rotatable bonds is 5. The highest BCUT2D eigenvalue weighted by Crippen LogP contribution is 2.27. The molecule has 3 nitrogen and oxygen atoms in total. The monoisotopic (exact) mass is 208 g/mol. The average Bonchev–Trinajstić information content (AvgIpc) is 2.29. The van der Waals surface area contributed by atoms with Crippen LogP contribution in [0.25, 0.3) is 0 Å². The molecule has 1 aromatic rings. The van der Waals surface area contributed by atoms with E-state index in [9.17, 15) is 0 Å². The van der Waals surface area contributed by atoms with Crippen LogP contribution in [0.4, 0.5) is 0 Å². The smallest absolute Gasteiger partial charge is 0.186 e. The standard InChI is InChI=1S/C12H16O3/c1-4-9-15-11-8-6-5-7-10(11)12(13-2)14-3/h4-9,12H,1-3H3/b9-4+. The predicted molar refractivity (Wildman–Crippen MR) is 58.6 cm³/mol. The third-order valence-corrected chi connectivity index (χ3v) is 1.93. The first kappa shape index (κ1) is 11.8. The van der Waals surface area contributed by atoms with Gasteiger partial charge in [0.05, 0.1) is 11.8 Å². The van der Waals surface area contributed by atoms with Crippen molar-refractivity contribution in [3.05, 3.63) is 42.2 Å². The summed E-state index contributed by atoms with van der Waals surface area (Å²) in [4.78, 5) is 0. The Morgan fingerprint density at radius 3 is 2.40 bits per heavy atom. The molecule has 0 heterocycles. The molecule has 0 fully saturated rings. The summed E-state index contributed by atoms with van der Waals surface area (Å²) in [5, 5.41) is 0. The van der Waals surface area contributed by atoms with Gasteiger partial charge in [-0.3, -0.25) is 0 Å². The maximum Gasteiger partial charge on any atom is 0.186 e. The lowest BCUT2D eigenvalue weighted by molar-refractivity contribution is -0.106. The van der Waals surface area contributed by atoms with Gasteiger partial charge in [-0.1, -0.05) is 24.3 Å². The van der Waals surface area contributed by atoms with Crippen molar-refractivity contribution in [2.45, 2.75) is 13.2 Å². The van der Waals surface area contributed by atoms with Crippen molar-refractivity contribution in [2.75, 3.05) is 14.2 Å². The Bertz CT molecular complexity index is 316. The normalized spacial score (nSPS) is 11.2. The van der Waals surface area contributed by atoms with Crippen molar-refractivity contribution in [1.29, 1.82) is 0 Å². The van der Waals surface area contributed by atoms with Gasteiger partial charge in [-0.2, -0.15) is 0 Å². The van der Waals surface area contributed by atoms with E-state index in [2.05, 4.69) is 0 Å². The highest BCUT2D eigenvalue weighted by atomic mass is 16.7. The molecule has 0 bridgehead atoms. The summed E-state index contributed by atoms with van der Waals surface area (Å²) >= 11 is 0. The Morgan fingerprint density at radius 2 is 1.80 bits per heavy atom. The second-order valence-electron chi connectivity index (χ2n) is 2.93. The Balaban J connectivity index is 2.93. The molecular formula is C12H16O3. The van der Waals surface area contributed by atoms with Gasteiger partial charge in [0, 0.05) is 14.2 Å². The van der Waals surface area contributed by atoms with E-state index in [1.54, 1.807) is 20.5 Å². The molecule has 0 amide bonds. The molecule has 0 radical (unpaired) electrons. The maximum absolute atomic E-state index is 5.43. The van der Waals surface area contributed by atoms with Crippen LogP contribution in [0.3, 0.4) is 0 Å². The summed E-state index contributed by atoms with van der Waals surface area (Å²) in [5.41, 5.74) is 0.876. The molecule has 0 N–H and O–H groups in total. The lowest BCUT2D eigenvalue weighted by Gasteiger charge is -2.16. The summed E-state index contributed by atoms with van der Waals surface area (Å²) < 4.78 is 15.8. The second-order valence-corrected chi connectivity index (χ2v) is 2.93. The molecular weight excluding hydrogens is 192 g/mol. The molecule has 82 valence electrons. The number of hydrogen-bond donors (Lipinski definition) is 0. The third kappa shape index (κ3) is 3.08. The van der Waals surface area contributed by atoms with E-state index in [-0.39, 0.29) is 0 Å². The second kappa shape index (κ2) is 6.22. The molecule has 0 saturated carbocycles. The van der Waals surface area contributed by atoms with Crippen LogP contribution in [0.2, 0.25) is 0 Å². The highest BCUT2D eigenvalue weighted by molar-refractivity contribution is 5.34. The number of ether oxygens (including phenoxy) is 3. The van der Waals surface area contributed by atoms with Crippen LogP contribution in [-0.2, 0) is 9.47 Å². The van der Waals surface area contributed by atoms with Gasteiger partial charge >= 0.3 is 0 Å². The SMILES string of the molecule is C/C=C/Oc1ccccc1C(OC)OC. The number of allylic oxidation sites excluding steroid dienone is 1. The Morgan fingerprint density at radius 1 is 1.13 bits per heavy atom. The van der Waals surface area contributed by atoms with Crippen LogP contribution in [0.1, 0.15) is 18.8 Å². The summed E-state index contributed by atoms with van der Waals surface area (Å²) in [6, 6.07) is 7.62. The van der Waals surface area contributed by atoms with Crippen LogP contribution in [0.15, 0.2) is 36.6 Å². The van der Waals surface area contributed by atoms with Crippen LogP contribution in [0, 0.1) is 0 Å². The molecule has 0 aliphatic rings. The van der Waals surface area contributed by atoms with Gasteiger partial charge in [0.1, 0.15) is 5.75 Å². The van der Waals surface area contributed by atoms with E-state index in [0.29, 0.717) is 0 Å². The molecule has 0 saturated heterocycles. The molecule has 0 spiro atoms. The van der Waals surface area contributed by atoms with Gasteiger partial charge in [0.2, 0.25) is 0 Å². The van der Waals surface area contributed by atoms with E-state index >= 15 is 0 Å². The van der Waals surface area contributed by atoms with Crippen molar-refractivity contribution < 1.29 is 14.2 Å². The van der Waals surface area contributed by atoms with Crippen LogP contribution in [0.5, 0.6) is 5.75 Å². The van der Waals surface area contributed by atoms with E-state index in [1.807, 2.05) is 37.3 Å². The Labute approximate surface area is 90.3 Å². The van der Waals surface area contributed by atoms with Gasteiger partial charge in [-0.25, -0.2) is 0 Å². The summed E-state index contributed by atoms with van der Waals surface area (Å²) in [6.07, 6.45) is 3.05. The lowest BCUT2D eigenvalue weighted by Crippen LogP contribution is -2.05. The van der Waals surface area contributed by atoms with E-state index in [0.717, 1.165) is 11.3 Å². The zero-order valence-corrected chi connectivity index (χ0v) is 9.27. The molecule has 0 aromatic heterocycles. The number of para-hydroxylation sites is 1. The van der Waals surface area contributed by atoms with Crippen LogP contribution in [-0.4, -0.2) is 14.2 Å². The van der Waals surface area contributed by atoms with Crippen LogP contribution >= 0.6 is 0 Å². The molecule has 0 unspecified atom stereocenters. The lowest BCUT2D eigenvalue weighted by atomic mass is 10.2. The molecule has 0 aliphatic heterocycles. The zero-order valence-electron chi connectivity index (χ0n) is 9.27. The molecule has 3 heteroatoms. The maximum atomic E-state index is 5.43. The largest absolute Gasteiger partial charge is 0.465 e. The third-order valence-electron chi connectivity index (χ3n) is 1.93. The number of methoxy groups -OCH3 is 2. The summed E-state index contributed by atoms with van der Waals surface area (Å²) in [7, 11) is 3.20. The van der Waals surface area contributed by atoms with Crippen molar-refractivity contribution in [2.24, 2.45) is 0 Å². The van der Waals surface area contributed by atoms with E-state index in [4.69, 9.17) is 14.2 Å². The zero-order chi connectivity index (χ0) is 11.1. The minimum absolute atomic E-state index is 0.397. The summed E-state index contributed by atoms with van der Waals surface area (Å²) in [5.74, 6) is 0.740. The average molecular weight is 208 g/mol. The highest BCUT2D eigenvalue weighted by Gasteiger charge is 2.13. The van der Waals surface area contributed by atoms with Gasteiger partial charge in [-0.05, 0) is 13.0 Å². The molecule has 0 aliphatic carbocycles. The molecule has 1 rings (SSSR count). The first-order valence-corrected chi connectivity index (χ1v) is 4.75. The van der Waals surface area contributed by atoms with Crippen molar-refractivity contribution in [3.63, 3.8) is 0 Å². The first-order chi connectivity index (χ1) is 7.33. The fraction of sp³-hybridized carbons (Fsp3) is 0.333. The Kier molecular flexibility index (Phi) is 4.87. The minimum Gasteiger partial charge on any atom is -0.465 e. The van der Waals surface area contributed by atoms with Gasteiger partial charge in [0.15, 0.2) is 6.29 Å². The predicted octanol–water partition coefficient (Wildman–Crippen LogP) is 2.89. The minimum atomic E-state index is -0.397. The Hall–Kier alpha value is -1.32. The van der Waals surface area contributed by atoms with Crippen molar-refractivity contribution >= 4 is 0 Å². The molecule has 1 aromatic carbocycles.